The highest BCUT2D eigenvalue weighted by atomic mass is 16.5. The lowest BCUT2D eigenvalue weighted by molar-refractivity contribution is 0.0837. The molecule has 0 aliphatic heterocycles. The van der Waals surface area contributed by atoms with E-state index in [1.54, 1.807) is 6.26 Å². The van der Waals surface area contributed by atoms with Crippen LogP contribution in [-0.4, -0.2) is 37.7 Å². The standard InChI is InChI=1S/C15H28N2O2/c1-4-8-16-12-14-7-10-19-15(14)13-18-11-9-17(5-2)6-3/h7,10,16H,4-6,8-9,11-13H2,1-3H3. The average Bonchev–Trinajstić information content (AvgIpc) is 2.87. The van der Waals surface area contributed by atoms with Crippen LogP contribution in [0.4, 0.5) is 0 Å². The van der Waals surface area contributed by atoms with Crippen molar-refractivity contribution >= 4 is 0 Å². The number of furan rings is 1. The Morgan fingerprint density at radius 1 is 1.26 bits per heavy atom. The molecule has 0 aliphatic rings. The van der Waals surface area contributed by atoms with Gasteiger partial charge in [0, 0.05) is 18.7 Å². The molecule has 0 saturated heterocycles. The number of hydrogen-bond acceptors (Lipinski definition) is 4. The third kappa shape index (κ3) is 6.23. The Balaban J connectivity index is 2.23. The highest BCUT2D eigenvalue weighted by Crippen LogP contribution is 2.11. The first kappa shape index (κ1) is 16.2. The zero-order valence-corrected chi connectivity index (χ0v) is 12.6. The van der Waals surface area contributed by atoms with Crippen molar-refractivity contribution < 1.29 is 9.15 Å². The molecule has 4 nitrogen and oxygen atoms in total. The van der Waals surface area contributed by atoms with Crippen LogP contribution in [0, 0.1) is 0 Å². The second-order valence-corrected chi connectivity index (χ2v) is 4.63. The van der Waals surface area contributed by atoms with Gasteiger partial charge in [0.15, 0.2) is 0 Å². The summed E-state index contributed by atoms with van der Waals surface area (Å²) in [5.41, 5.74) is 1.20. The summed E-state index contributed by atoms with van der Waals surface area (Å²) in [7, 11) is 0. The molecule has 19 heavy (non-hydrogen) atoms. The van der Waals surface area contributed by atoms with Gasteiger partial charge in [-0.05, 0) is 32.1 Å². The van der Waals surface area contributed by atoms with E-state index in [1.165, 1.54) is 5.56 Å². The van der Waals surface area contributed by atoms with E-state index in [4.69, 9.17) is 9.15 Å². The summed E-state index contributed by atoms with van der Waals surface area (Å²) in [6.07, 6.45) is 2.89. The van der Waals surface area contributed by atoms with E-state index in [2.05, 4.69) is 31.0 Å². The first-order valence-electron chi connectivity index (χ1n) is 7.37. The molecule has 1 N–H and O–H groups in total. The molecule has 0 amide bonds. The summed E-state index contributed by atoms with van der Waals surface area (Å²) in [4.78, 5) is 2.35. The first-order chi connectivity index (χ1) is 9.31. The van der Waals surface area contributed by atoms with Gasteiger partial charge in [-0.2, -0.15) is 0 Å². The molecule has 0 atom stereocenters. The molecule has 0 aromatic carbocycles. The van der Waals surface area contributed by atoms with Crippen LogP contribution in [0.3, 0.4) is 0 Å². The van der Waals surface area contributed by atoms with Crippen molar-refractivity contribution in [3.63, 3.8) is 0 Å². The maximum Gasteiger partial charge on any atom is 0.133 e. The molecule has 0 saturated carbocycles. The molecule has 0 fully saturated rings. The normalized spacial score (nSPS) is 11.4. The van der Waals surface area contributed by atoms with Gasteiger partial charge in [0.05, 0.1) is 12.9 Å². The number of ether oxygens (including phenoxy) is 1. The van der Waals surface area contributed by atoms with E-state index in [-0.39, 0.29) is 0 Å². The predicted octanol–water partition coefficient (Wildman–Crippen LogP) is 2.64. The molecule has 0 spiro atoms. The van der Waals surface area contributed by atoms with E-state index >= 15 is 0 Å². The Hall–Kier alpha value is -0.840. The minimum Gasteiger partial charge on any atom is -0.467 e. The van der Waals surface area contributed by atoms with Crippen molar-refractivity contribution in [3.05, 3.63) is 23.7 Å². The largest absolute Gasteiger partial charge is 0.467 e. The van der Waals surface area contributed by atoms with Gasteiger partial charge in [-0.25, -0.2) is 0 Å². The van der Waals surface area contributed by atoms with Crippen molar-refractivity contribution in [2.45, 2.75) is 40.3 Å². The highest BCUT2D eigenvalue weighted by Gasteiger charge is 2.06. The maximum absolute atomic E-state index is 5.70. The van der Waals surface area contributed by atoms with Gasteiger partial charge in [-0.15, -0.1) is 0 Å². The molecule has 0 unspecified atom stereocenters. The van der Waals surface area contributed by atoms with E-state index in [0.717, 1.165) is 51.5 Å². The smallest absolute Gasteiger partial charge is 0.133 e. The predicted molar refractivity (Wildman–Crippen MR) is 78.1 cm³/mol. The number of nitrogens with one attached hydrogen (secondary N) is 1. The Bertz CT molecular complexity index is 322. The Morgan fingerprint density at radius 2 is 2.05 bits per heavy atom. The van der Waals surface area contributed by atoms with Gasteiger partial charge in [-0.3, -0.25) is 0 Å². The maximum atomic E-state index is 5.70. The number of likely N-dealkylation sites (N-methyl/N-ethyl adjacent to an activating group) is 1. The van der Waals surface area contributed by atoms with Crippen molar-refractivity contribution in [2.24, 2.45) is 0 Å². The summed E-state index contributed by atoms with van der Waals surface area (Å²) in [6.45, 7) is 12.9. The lowest BCUT2D eigenvalue weighted by atomic mass is 10.2. The van der Waals surface area contributed by atoms with E-state index in [0.29, 0.717) is 6.61 Å². The van der Waals surface area contributed by atoms with Crippen molar-refractivity contribution in [2.75, 3.05) is 32.8 Å². The molecule has 1 rings (SSSR count). The lowest BCUT2D eigenvalue weighted by Gasteiger charge is -2.17. The second-order valence-electron chi connectivity index (χ2n) is 4.63. The van der Waals surface area contributed by atoms with Crippen LogP contribution in [0.1, 0.15) is 38.5 Å². The molecule has 1 aromatic rings. The molecule has 1 aromatic heterocycles. The molecule has 1 heterocycles. The van der Waals surface area contributed by atoms with Gasteiger partial charge in [-0.1, -0.05) is 20.8 Å². The van der Waals surface area contributed by atoms with Crippen molar-refractivity contribution in [1.82, 2.24) is 10.2 Å². The second kappa shape index (κ2) is 10.0. The van der Waals surface area contributed by atoms with Gasteiger partial charge in [0.1, 0.15) is 12.4 Å². The van der Waals surface area contributed by atoms with Crippen LogP contribution < -0.4 is 5.32 Å². The van der Waals surface area contributed by atoms with Crippen LogP contribution in [0.15, 0.2) is 16.7 Å². The average molecular weight is 268 g/mol. The van der Waals surface area contributed by atoms with E-state index in [9.17, 15) is 0 Å². The van der Waals surface area contributed by atoms with Crippen LogP contribution in [0.2, 0.25) is 0 Å². The quantitative estimate of drug-likeness (QED) is 0.626. The molecule has 4 heteroatoms. The van der Waals surface area contributed by atoms with Gasteiger partial charge in [0.2, 0.25) is 0 Å². The minimum absolute atomic E-state index is 0.567. The van der Waals surface area contributed by atoms with Crippen LogP contribution in [0.25, 0.3) is 0 Å². The summed E-state index contributed by atoms with van der Waals surface area (Å²) < 4.78 is 11.2. The van der Waals surface area contributed by atoms with Gasteiger partial charge < -0.3 is 19.4 Å². The number of hydrogen-bond donors (Lipinski definition) is 1. The molecule has 0 radical (unpaired) electrons. The fourth-order valence-corrected chi connectivity index (χ4v) is 1.95. The molecule has 110 valence electrons. The third-order valence-electron chi connectivity index (χ3n) is 3.26. The summed E-state index contributed by atoms with van der Waals surface area (Å²) in [5.74, 6) is 0.947. The van der Waals surface area contributed by atoms with E-state index in [1.807, 2.05) is 6.07 Å². The minimum atomic E-state index is 0.567. The van der Waals surface area contributed by atoms with Crippen LogP contribution >= 0.6 is 0 Å². The topological polar surface area (TPSA) is 37.6 Å². The zero-order chi connectivity index (χ0) is 13.9. The number of rotatable bonds is 11. The highest BCUT2D eigenvalue weighted by molar-refractivity contribution is 5.16. The third-order valence-corrected chi connectivity index (χ3v) is 3.26. The number of nitrogens with zero attached hydrogens (tertiary/aromatic N) is 1. The Labute approximate surface area is 117 Å². The Morgan fingerprint density at radius 3 is 2.74 bits per heavy atom. The van der Waals surface area contributed by atoms with Crippen molar-refractivity contribution in [1.29, 1.82) is 0 Å². The lowest BCUT2D eigenvalue weighted by Crippen LogP contribution is -2.27. The van der Waals surface area contributed by atoms with Crippen LogP contribution in [-0.2, 0) is 17.9 Å². The first-order valence-corrected chi connectivity index (χ1v) is 7.37. The van der Waals surface area contributed by atoms with Gasteiger partial charge in [0.25, 0.3) is 0 Å². The molecule has 0 aliphatic carbocycles. The van der Waals surface area contributed by atoms with Crippen LogP contribution in [0.5, 0.6) is 0 Å². The SMILES string of the molecule is CCCNCc1ccoc1COCCN(CC)CC. The fraction of sp³-hybridized carbons (Fsp3) is 0.733. The molecule has 0 bridgehead atoms. The van der Waals surface area contributed by atoms with Gasteiger partial charge >= 0.3 is 0 Å². The zero-order valence-electron chi connectivity index (χ0n) is 12.6. The van der Waals surface area contributed by atoms with Crippen molar-refractivity contribution in [3.8, 4) is 0 Å². The monoisotopic (exact) mass is 268 g/mol. The summed E-state index contributed by atoms with van der Waals surface area (Å²) in [5, 5.41) is 3.38. The Kier molecular flexibility index (Phi) is 8.54. The molecular weight excluding hydrogens is 240 g/mol. The molecular formula is C15H28N2O2. The summed E-state index contributed by atoms with van der Waals surface area (Å²) >= 11 is 0. The van der Waals surface area contributed by atoms with E-state index < -0.39 is 0 Å². The fourth-order valence-electron chi connectivity index (χ4n) is 1.95. The summed E-state index contributed by atoms with van der Waals surface area (Å²) in [6, 6.07) is 2.02.